The Morgan fingerprint density at radius 3 is 0.961 bits per heavy atom. The average Bonchev–Trinajstić information content (AvgIpc) is 4.01. The molecule has 0 amide bonds. The van der Waals surface area contributed by atoms with E-state index < -0.39 is 0 Å². The predicted molar refractivity (Wildman–Crippen MR) is 209 cm³/mol. The Balaban J connectivity index is 0.00000374. The zero-order chi connectivity index (χ0) is 33.4. The summed E-state index contributed by atoms with van der Waals surface area (Å²) in [6, 6.07) is 48.1. The van der Waals surface area contributed by atoms with Crippen LogP contribution in [0.3, 0.4) is 0 Å². The number of nitrogens with zero attached hydrogens (tertiary/aromatic N) is 2. The van der Waals surface area contributed by atoms with Gasteiger partial charge in [-0.2, -0.15) is 0 Å². The van der Waals surface area contributed by atoms with E-state index in [1.165, 1.54) is 0 Å². The van der Waals surface area contributed by atoms with E-state index in [1.54, 1.807) is 0 Å². The second-order valence-corrected chi connectivity index (χ2v) is 12.3. The number of fused-ring (bicyclic) bond motifs is 8. The van der Waals surface area contributed by atoms with Gasteiger partial charge in [-0.15, -0.1) is 6.42 Å². The van der Waals surface area contributed by atoms with Crippen LogP contribution in [0.4, 0.5) is 0 Å². The molecule has 5 heterocycles. The quantitative estimate of drug-likeness (QED) is 0.174. The minimum absolute atomic E-state index is 0. The SMILES string of the molecule is C#Cc1ccc(-c2c3nc(c(-c4ccccc4)c4ccc([nH]4)c(-c4ccccc4)c4nc(c(-c5ccccc5)c5ccc2[nH]5)C=C4)C=C3)cc1.[Pt]. The van der Waals surface area contributed by atoms with Crippen LogP contribution in [0.2, 0.25) is 0 Å². The predicted octanol–water partition coefficient (Wildman–Crippen LogP) is 11.3. The van der Waals surface area contributed by atoms with Crippen molar-refractivity contribution in [2.75, 3.05) is 0 Å². The number of terminal acetylenes is 1. The van der Waals surface area contributed by atoms with E-state index in [1.807, 2.05) is 30.3 Å². The molecule has 8 bridgehead atoms. The van der Waals surface area contributed by atoms with Crippen LogP contribution in [-0.2, 0) is 21.1 Å². The molecule has 5 heteroatoms. The van der Waals surface area contributed by atoms with Gasteiger partial charge in [-0.25, -0.2) is 9.97 Å². The number of benzene rings is 4. The van der Waals surface area contributed by atoms with Gasteiger partial charge in [0, 0.05) is 70.9 Å². The first kappa shape index (κ1) is 32.0. The smallest absolute Gasteiger partial charge is 0.0737 e. The first-order valence-corrected chi connectivity index (χ1v) is 16.6. The molecule has 0 saturated heterocycles. The molecule has 244 valence electrons. The van der Waals surface area contributed by atoms with Gasteiger partial charge in [0.15, 0.2) is 0 Å². The number of aromatic amines is 2. The largest absolute Gasteiger partial charge is 0.354 e. The van der Waals surface area contributed by atoms with Gasteiger partial charge in [-0.1, -0.05) is 109 Å². The molecule has 9 rings (SSSR count). The number of H-pyrrole nitrogens is 2. The maximum Gasteiger partial charge on any atom is 0.0737 e. The molecule has 2 N–H and O–H groups in total. The fraction of sp³-hybridized carbons (Fsp3) is 0. The van der Waals surface area contributed by atoms with E-state index in [0.29, 0.717) is 0 Å². The van der Waals surface area contributed by atoms with Crippen molar-refractivity contribution in [2.45, 2.75) is 0 Å². The average molecular weight is 834 g/mol. The van der Waals surface area contributed by atoms with Crippen molar-refractivity contribution >= 4 is 46.4 Å². The molecule has 4 nitrogen and oxygen atoms in total. The molecule has 2 aliphatic heterocycles. The van der Waals surface area contributed by atoms with E-state index in [2.05, 4.69) is 149 Å². The van der Waals surface area contributed by atoms with Crippen LogP contribution in [0, 0.1) is 12.3 Å². The summed E-state index contributed by atoms with van der Waals surface area (Å²) < 4.78 is 0. The third-order valence-electron chi connectivity index (χ3n) is 9.28. The molecule has 4 aromatic carbocycles. The number of nitrogens with one attached hydrogen (secondary N) is 2. The van der Waals surface area contributed by atoms with Crippen LogP contribution in [-0.4, -0.2) is 19.9 Å². The second kappa shape index (κ2) is 13.6. The Morgan fingerprint density at radius 2 is 0.667 bits per heavy atom. The number of hydrogen-bond donors (Lipinski definition) is 2. The molecule has 7 aromatic rings. The van der Waals surface area contributed by atoms with Gasteiger partial charge in [0.2, 0.25) is 0 Å². The summed E-state index contributed by atoms with van der Waals surface area (Å²) in [6.45, 7) is 0. The number of hydrogen-bond acceptors (Lipinski definition) is 2. The summed E-state index contributed by atoms with van der Waals surface area (Å²) in [5.41, 5.74) is 16.5. The van der Waals surface area contributed by atoms with Gasteiger partial charge in [0.25, 0.3) is 0 Å². The molecule has 51 heavy (non-hydrogen) atoms. The topological polar surface area (TPSA) is 57.4 Å². The van der Waals surface area contributed by atoms with E-state index in [-0.39, 0.29) is 21.1 Å². The molecule has 0 unspecified atom stereocenters. The summed E-state index contributed by atoms with van der Waals surface area (Å²) in [7, 11) is 0. The van der Waals surface area contributed by atoms with E-state index in [4.69, 9.17) is 16.4 Å². The van der Waals surface area contributed by atoms with Crippen LogP contribution in [0.5, 0.6) is 0 Å². The van der Waals surface area contributed by atoms with Crippen LogP contribution >= 0.6 is 0 Å². The summed E-state index contributed by atoms with van der Waals surface area (Å²) in [6.07, 6.45) is 14.2. The first-order valence-electron chi connectivity index (χ1n) is 16.6. The Hall–Kier alpha value is -6.27. The van der Waals surface area contributed by atoms with Crippen LogP contribution in [0.1, 0.15) is 28.3 Å². The summed E-state index contributed by atoms with van der Waals surface area (Å²) in [5, 5.41) is 0. The molecule has 0 radical (unpaired) electrons. The minimum atomic E-state index is 0. The van der Waals surface area contributed by atoms with Gasteiger partial charge in [-0.3, -0.25) is 0 Å². The van der Waals surface area contributed by atoms with Crippen molar-refractivity contribution in [3.05, 3.63) is 168 Å². The third-order valence-corrected chi connectivity index (χ3v) is 9.28. The van der Waals surface area contributed by atoms with Gasteiger partial charge in [-0.05, 0) is 83.0 Å². The normalized spacial score (nSPS) is 11.6. The zero-order valence-electron chi connectivity index (χ0n) is 27.4. The fourth-order valence-electron chi connectivity index (χ4n) is 6.97. The first-order chi connectivity index (χ1) is 24.7. The molecular weight excluding hydrogens is 804 g/mol. The molecule has 3 aromatic heterocycles. The Morgan fingerprint density at radius 1 is 0.373 bits per heavy atom. The summed E-state index contributed by atoms with van der Waals surface area (Å²) >= 11 is 0. The Kier molecular flexibility index (Phi) is 8.50. The van der Waals surface area contributed by atoms with E-state index >= 15 is 0 Å². The Bertz CT molecular complexity index is 2640. The zero-order valence-corrected chi connectivity index (χ0v) is 29.6. The Labute approximate surface area is 310 Å². The molecule has 2 aliphatic rings. The van der Waals surface area contributed by atoms with Crippen LogP contribution < -0.4 is 0 Å². The van der Waals surface area contributed by atoms with E-state index in [9.17, 15) is 0 Å². The standard InChI is InChI=1S/C46H30N4.Pt/c1-2-30-18-20-34(21-19-30)46-41-28-26-39(49-41)44(32-14-8-4-9-15-32)37-24-22-35(47-37)43(31-12-6-3-7-13-31)36-23-25-38(48-36)45(33-16-10-5-11-17-33)40-27-29-42(46)50-40;/h1,3-29,47,50H;. The number of aromatic nitrogens is 4. The van der Waals surface area contributed by atoms with Crippen molar-refractivity contribution in [1.29, 1.82) is 0 Å². The molecule has 0 spiro atoms. The maximum atomic E-state index is 5.74. The third kappa shape index (κ3) is 5.89. The van der Waals surface area contributed by atoms with Gasteiger partial charge >= 0.3 is 0 Å². The van der Waals surface area contributed by atoms with Crippen molar-refractivity contribution < 1.29 is 21.1 Å². The van der Waals surface area contributed by atoms with Crippen molar-refractivity contribution in [2.24, 2.45) is 0 Å². The minimum Gasteiger partial charge on any atom is -0.354 e. The van der Waals surface area contributed by atoms with E-state index in [0.717, 1.165) is 94.9 Å². The van der Waals surface area contributed by atoms with Crippen molar-refractivity contribution in [3.8, 4) is 56.9 Å². The second-order valence-electron chi connectivity index (χ2n) is 12.3. The van der Waals surface area contributed by atoms with Crippen molar-refractivity contribution in [1.82, 2.24) is 19.9 Å². The molecule has 0 saturated carbocycles. The van der Waals surface area contributed by atoms with Gasteiger partial charge in [0.1, 0.15) is 0 Å². The summed E-state index contributed by atoms with van der Waals surface area (Å²) in [4.78, 5) is 18.3. The van der Waals surface area contributed by atoms with Crippen LogP contribution in [0.15, 0.2) is 140 Å². The van der Waals surface area contributed by atoms with Gasteiger partial charge in [0.05, 0.1) is 22.8 Å². The monoisotopic (exact) mass is 833 g/mol. The molecule has 0 aliphatic carbocycles. The molecule has 0 atom stereocenters. The maximum absolute atomic E-state index is 5.74. The molecule has 0 fully saturated rings. The summed E-state index contributed by atoms with van der Waals surface area (Å²) in [5.74, 6) is 2.75. The van der Waals surface area contributed by atoms with Crippen molar-refractivity contribution in [3.63, 3.8) is 0 Å². The fourth-order valence-corrected chi connectivity index (χ4v) is 6.97. The van der Waals surface area contributed by atoms with Gasteiger partial charge < -0.3 is 9.97 Å². The van der Waals surface area contributed by atoms with Crippen LogP contribution in [0.25, 0.3) is 90.9 Å². The molecular formula is C46H30N4Pt. The number of rotatable bonds is 4.